The maximum Gasteiger partial charge on any atom is 0.123 e. The van der Waals surface area contributed by atoms with Crippen molar-refractivity contribution in [1.82, 2.24) is 0 Å². The first-order chi connectivity index (χ1) is 6.59. The Morgan fingerprint density at radius 2 is 2.14 bits per heavy atom. The molecule has 2 bridgehead atoms. The topological polar surface area (TPSA) is 17.1 Å². The number of hydrogen-bond acceptors (Lipinski definition) is 1. The Morgan fingerprint density at radius 1 is 1.43 bits per heavy atom. The van der Waals surface area contributed by atoms with Gasteiger partial charge in [0.05, 0.1) is 0 Å². The van der Waals surface area contributed by atoms with Crippen molar-refractivity contribution in [3.63, 3.8) is 0 Å². The average molecular weight is 192 g/mol. The third-order valence-corrected chi connectivity index (χ3v) is 4.87. The third kappa shape index (κ3) is 1.18. The molecule has 0 aromatic carbocycles. The summed E-state index contributed by atoms with van der Waals surface area (Å²) in [6.07, 6.45) is 5.84. The smallest absolute Gasteiger partial charge is 0.123 e. The molecule has 78 valence electrons. The molecule has 0 heterocycles. The van der Waals surface area contributed by atoms with E-state index >= 15 is 0 Å². The molecule has 1 nitrogen and oxygen atoms in total. The van der Waals surface area contributed by atoms with E-state index in [2.05, 4.69) is 20.4 Å². The van der Waals surface area contributed by atoms with Crippen LogP contribution in [0.25, 0.3) is 0 Å². The molecule has 2 aliphatic rings. The molecule has 14 heavy (non-hydrogen) atoms. The maximum atomic E-state index is 11.0. The molecule has 0 amide bonds. The van der Waals surface area contributed by atoms with Gasteiger partial charge < -0.3 is 4.79 Å². The van der Waals surface area contributed by atoms with Gasteiger partial charge in [-0.25, -0.2) is 0 Å². The minimum absolute atomic E-state index is 0.267. The summed E-state index contributed by atoms with van der Waals surface area (Å²) >= 11 is 0. The Bertz CT molecular complexity index is 268. The Balaban J connectivity index is 2.29. The van der Waals surface area contributed by atoms with Crippen molar-refractivity contribution in [2.75, 3.05) is 0 Å². The monoisotopic (exact) mass is 192 g/mol. The van der Waals surface area contributed by atoms with Crippen LogP contribution in [-0.2, 0) is 4.79 Å². The maximum absolute atomic E-state index is 11.0. The second-order valence-corrected chi connectivity index (χ2v) is 5.37. The largest absolute Gasteiger partial charge is 0.303 e. The lowest BCUT2D eigenvalue weighted by molar-refractivity contribution is -0.114. The molecule has 0 unspecified atom stereocenters. The normalized spacial score (nSPS) is 47.6. The average Bonchev–Trinajstić information content (AvgIpc) is 2.17. The van der Waals surface area contributed by atoms with Gasteiger partial charge in [0.1, 0.15) is 6.29 Å². The number of carbonyl (C=O) groups excluding carboxylic acids is 1. The van der Waals surface area contributed by atoms with Crippen LogP contribution in [0.15, 0.2) is 12.2 Å². The fourth-order valence-electron chi connectivity index (χ4n) is 3.37. The Kier molecular flexibility index (Phi) is 2.29. The summed E-state index contributed by atoms with van der Waals surface area (Å²) in [6.45, 7) is 8.94. The standard InChI is InChI=1S/C13H20O/c1-9-4-5-12-10(2)13(9,3)7-6-11(12)8-14/h8-9,11-12H,2,4-7H2,1,3H3/t9-,11+,12-,13+/m1/s1. The lowest BCUT2D eigenvalue weighted by Crippen LogP contribution is -2.43. The van der Waals surface area contributed by atoms with Crippen LogP contribution < -0.4 is 0 Å². The molecule has 2 fully saturated rings. The molecule has 0 spiro atoms. The van der Waals surface area contributed by atoms with Gasteiger partial charge in [-0.05, 0) is 42.9 Å². The van der Waals surface area contributed by atoms with Gasteiger partial charge in [0, 0.05) is 5.92 Å². The Morgan fingerprint density at radius 3 is 2.79 bits per heavy atom. The fourth-order valence-corrected chi connectivity index (χ4v) is 3.37. The van der Waals surface area contributed by atoms with Crippen LogP contribution in [0.4, 0.5) is 0 Å². The summed E-state index contributed by atoms with van der Waals surface area (Å²) in [7, 11) is 0. The summed E-state index contributed by atoms with van der Waals surface area (Å²) in [4.78, 5) is 11.0. The minimum atomic E-state index is 0.267. The summed E-state index contributed by atoms with van der Waals surface area (Å²) < 4.78 is 0. The first-order valence-corrected chi connectivity index (χ1v) is 5.74. The molecular formula is C13H20O. The van der Waals surface area contributed by atoms with Crippen LogP contribution in [0.2, 0.25) is 0 Å². The lowest BCUT2D eigenvalue weighted by Gasteiger charge is -2.51. The van der Waals surface area contributed by atoms with Crippen molar-refractivity contribution in [1.29, 1.82) is 0 Å². The molecule has 0 aromatic heterocycles. The van der Waals surface area contributed by atoms with Gasteiger partial charge in [0.15, 0.2) is 0 Å². The first-order valence-electron chi connectivity index (χ1n) is 5.74. The molecule has 4 atom stereocenters. The van der Waals surface area contributed by atoms with Crippen LogP contribution in [0.5, 0.6) is 0 Å². The van der Waals surface area contributed by atoms with Crippen molar-refractivity contribution >= 4 is 6.29 Å². The molecule has 2 saturated carbocycles. The molecule has 0 N–H and O–H groups in total. The second-order valence-electron chi connectivity index (χ2n) is 5.37. The molecular weight excluding hydrogens is 172 g/mol. The minimum Gasteiger partial charge on any atom is -0.303 e. The van der Waals surface area contributed by atoms with E-state index in [4.69, 9.17) is 0 Å². The number of aldehydes is 1. The molecule has 0 radical (unpaired) electrons. The number of rotatable bonds is 1. The van der Waals surface area contributed by atoms with Crippen molar-refractivity contribution in [2.24, 2.45) is 23.2 Å². The Labute approximate surface area is 86.6 Å². The van der Waals surface area contributed by atoms with Gasteiger partial charge in [-0.1, -0.05) is 26.0 Å². The highest BCUT2D eigenvalue weighted by molar-refractivity contribution is 5.56. The molecule has 2 rings (SSSR count). The van der Waals surface area contributed by atoms with Crippen LogP contribution >= 0.6 is 0 Å². The highest BCUT2D eigenvalue weighted by Crippen LogP contribution is 2.56. The second kappa shape index (κ2) is 3.22. The van der Waals surface area contributed by atoms with E-state index in [1.165, 1.54) is 18.4 Å². The number of carbonyl (C=O) groups is 1. The third-order valence-electron chi connectivity index (χ3n) is 4.87. The van der Waals surface area contributed by atoms with E-state index in [-0.39, 0.29) is 5.92 Å². The first kappa shape index (κ1) is 9.95. The Hall–Kier alpha value is -0.590. The van der Waals surface area contributed by atoms with Crippen molar-refractivity contribution in [3.05, 3.63) is 12.2 Å². The van der Waals surface area contributed by atoms with Crippen molar-refractivity contribution in [2.45, 2.75) is 39.5 Å². The molecule has 0 aromatic rings. The highest BCUT2D eigenvalue weighted by atomic mass is 16.1. The van der Waals surface area contributed by atoms with E-state index in [0.29, 0.717) is 11.3 Å². The zero-order valence-electron chi connectivity index (χ0n) is 9.25. The van der Waals surface area contributed by atoms with Gasteiger partial charge in [0.2, 0.25) is 0 Å². The van der Waals surface area contributed by atoms with Crippen molar-refractivity contribution in [3.8, 4) is 0 Å². The SMILES string of the molecule is C=C1[C@H]2CC[C@@H](C)[C@]1(C)CC[C@H]2C=O. The lowest BCUT2D eigenvalue weighted by atomic mass is 9.53. The van der Waals surface area contributed by atoms with Gasteiger partial charge in [-0.15, -0.1) is 0 Å². The molecule has 0 aliphatic heterocycles. The van der Waals surface area contributed by atoms with Crippen LogP contribution in [0.3, 0.4) is 0 Å². The van der Waals surface area contributed by atoms with E-state index in [1.807, 2.05) is 0 Å². The fraction of sp³-hybridized carbons (Fsp3) is 0.769. The van der Waals surface area contributed by atoms with E-state index < -0.39 is 0 Å². The number of allylic oxidation sites excluding steroid dienone is 1. The quantitative estimate of drug-likeness (QED) is 0.460. The summed E-state index contributed by atoms with van der Waals surface area (Å²) in [5.74, 6) is 1.50. The zero-order chi connectivity index (χ0) is 10.3. The van der Waals surface area contributed by atoms with Crippen LogP contribution in [0.1, 0.15) is 39.5 Å². The van der Waals surface area contributed by atoms with Gasteiger partial charge in [0.25, 0.3) is 0 Å². The number of fused-ring (bicyclic) bond motifs is 2. The molecule has 2 aliphatic carbocycles. The van der Waals surface area contributed by atoms with Crippen LogP contribution in [0, 0.1) is 23.2 Å². The predicted octanol–water partition coefficient (Wildman–Crippen LogP) is 3.20. The summed E-state index contributed by atoms with van der Waals surface area (Å²) in [5.41, 5.74) is 1.68. The van der Waals surface area contributed by atoms with Crippen molar-refractivity contribution < 1.29 is 4.79 Å². The van der Waals surface area contributed by atoms with E-state index in [9.17, 15) is 4.79 Å². The molecule has 1 heteroatoms. The number of hydrogen-bond donors (Lipinski definition) is 0. The van der Waals surface area contributed by atoms with Gasteiger partial charge in [-0.3, -0.25) is 0 Å². The van der Waals surface area contributed by atoms with Gasteiger partial charge in [-0.2, -0.15) is 0 Å². The van der Waals surface area contributed by atoms with Gasteiger partial charge >= 0.3 is 0 Å². The van der Waals surface area contributed by atoms with E-state index in [0.717, 1.165) is 25.0 Å². The molecule has 0 saturated heterocycles. The van der Waals surface area contributed by atoms with E-state index in [1.54, 1.807) is 0 Å². The zero-order valence-corrected chi connectivity index (χ0v) is 9.25. The van der Waals surface area contributed by atoms with Crippen LogP contribution in [-0.4, -0.2) is 6.29 Å². The highest BCUT2D eigenvalue weighted by Gasteiger charge is 2.46. The summed E-state index contributed by atoms with van der Waals surface area (Å²) in [5, 5.41) is 0. The summed E-state index contributed by atoms with van der Waals surface area (Å²) in [6, 6.07) is 0. The predicted molar refractivity (Wildman–Crippen MR) is 57.9 cm³/mol.